The number of carbonyl (C=O) groups excluding carboxylic acids is 1. The lowest BCUT2D eigenvalue weighted by atomic mass is 10.0. The number of aromatic nitrogens is 2. The van der Waals surface area contributed by atoms with Gasteiger partial charge in [0.05, 0.1) is 5.41 Å². The summed E-state index contributed by atoms with van der Waals surface area (Å²) in [6, 6.07) is 7.25. The third-order valence-corrected chi connectivity index (χ3v) is 4.17. The second-order valence-electron chi connectivity index (χ2n) is 6.02. The standard InChI is InChI=1S/C17H21N3O4/c1-12-18-15(20-24-12)11-23-14-5-3-13(4-6-14)19-16(21)17(7-8-17)9-10-22-2/h3-6H,7-11H2,1-2H3,(H,19,21). The van der Waals surface area contributed by atoms with Crippen molar-refractivity contribution in [3.8, 4) is 5.75 Å². The smallest absolute Gasteiger partial charge is 0.230 e. The molecule has 0 saturated heterocycles. The van der Waals surface area contributed by atoms with Crippen molar-refractivity contribution in [2.24, 2.45) is 5.41 Å². The Hall–Kier alpha value is -2.41. The number of ether oxygens (including phenoxy) is 2. The minimum Gasteiger partial charge on any atom is -0.485 e. The fraction of sp³-hybridized carbons (Fsp3) is 0.471. The van der Waals surface area contributed by atoms with E-state index in [1.165, 1.54) is 0 Å². The van der Waals surface area contributed by atoms with Gasteiger partial charge in [0.15, 0.2) is 6.61 Å². The molecule has 2 aromatic rings. The van der Waals surface area contributed by atoms with Crippen molar-refractivity contribution >= 4 is 11.6 Å². The average Bonchev–Trinajstić information content (AvgIpc) is 3.27. The van der Waals surface area contributed by atoms with Crippen molar-refractivity contribution in [3.05, 3.63) is 36.0 Å². The SMILES string of the molecule is COCCC1(C(=O)Nc2ccc(OCc3noc(C)n3)cc2)CC1. The first-order chi connectivity index (χ1) is 11.6. The van der Waals surface area contributed by atoms with E-state index in [-0.39, 0.29) is 17.9 Å². The molecule has 7 heteroatoms. The van der Waals surface area contributed by atoms with E-state index in [2.05, 4.69) is 15.5 Å². The Kier molecular flexibility index (Phi) is 4.80. The highest BCUT2D eigenvalue weighted by Gasteiger charge is 2.49. The zero-order chi connectivity index (χ0) is 17.0. The molecule has 7 nitrogen and oxygen atoms in total. The Morgan fingerprint density at radius 1 is 1.33 bits per heavy atom. The van der Waals surface area contributed by atoms with Gasteiger partial charge in [-0.05, 0) is 43.5 Å². The molecule has 1 N–H and O–H groups in total. The Morgan fingerprint density at radius 3 is 2.67 bits per heavy atom. The van der Waals surface area contributed by atoms with Gasteiger partial charge in [0.1, 0.15) is 5.75 Å². The summed E-state index contributed by atoms with van der Waals surface area (Å²) in [4.78, 5) is 16.4. The summed E-state index contributed by atoms with van der Waals surface area (Å²) in [7, 11) is 1.66. The molecule has 1 amide bonds. The molecule has 128 valence electrons. The largest absolute Gasteiger partial charge is 0.485 e. The number of methoxy groups -OCH3 is 1. The first-order valence-corrected chi connectivity index (χ1v) is 7.94. The molecule has 1 aliphatic carbocycles. The third-order valence-electron chi connectivity index (χ3n) is 4.17. The number of carbonyl (C=O) groups is 1. The van der Waals surface area contributed by atoms with Gasteiger partial charge in [-0.2, -0.15) is 4.98 Å². The van der Waals surface area contributed by atoms with Crippen LogP contribution in [0, 0.1) is 12.3 Å². The van der Waals surface area contributed by atoms with E-state index in [0.717, 1.165) is 24.9 Å². The quantitative estimate of drug-likeness (QED) is 0.800. The predicted molar refractivity (Wildman–Crippen MR) is 86.6 cm³/mol. The van der Waals surface area contributed by atoms with E-state index in [9.17, 15) is 4.79 Å². The van der Waals surface area contributed by atoms with Crippen LogP contribution < -0.4 is 10.1 Å². The predicted octanol–water partition coefficient (Wildman–Crippen LogP) is 2.71. The van der Waals surface area contributed by atoms with Gasteiger partial charge in [-0.3, -0.25) is 4.79 Å². The van der Waals surface area contributed by atoms with Crippen LogP contribution in [0.25, 0.3) is 0 Å². The minimum absolute atomic E-state index is 0.0653. The number of benzene rings is 1. The maximum Gasteiger partial charge on any atom is 0.230 e. The molecule has 1 aliphatic rings. The lowest BCUT2D eigenvalue weighted by Crippen LogP contribution is -2.25. The van der Waals surface area contributed by atoms with Gasteiger partial charge >= 0.3 is 0 Å². The number of aryl methyl sites for hydroxylation is 1. The van der Waals surface area contributed by atoms with Gasteiger partial charge in [0, 0.05) is 26.3 Å². The van der Waals surface area contributed by atoms with Crippen LogP contribution in [0.1, 0.15) is 31.0 Å². The molecule has 24 heavy (non-hydrogen) atoms. The number of anilines is 1. The molecule has 0 radical (unpaired) electrons. The number of rotatable bonds is 8. The Bertz CT molecular complexity index is 692. The number of nitrogens with zero attached hydrogens (tertiary/aromatic N) is 2. The van der Waals surface area contributed by atoms with Crippen molar-refractivity contribution < 1.29 is 18.8 Å². The number of hydrogen-bond acceptors (Lipinski definition) is 6. The van der Waals surface area contributed by atoms with E-state index in [0.29, 0.717) is 24.1 Å². The van der Waals surface area contributed by atoms with E-state index in [4.69, 9.17) is 14.0 Å². The summed E-state index contributed by atoms with van der Waals surface area (Å²) in [5, 5.41) is 6.74. The highest BCUT2D eigenvalue weighted by atomic mass is 16.5. The van der Waals surface area contributed by atoms with Crippen LogP contribution >= 0.6 is 0 Å². The molecular weight excluding hydrogens is 310 g/mol. The van der Waals surface area contributed by atoms with Crippen molar-refractivity contribution in [3.63, 3.8) is 0 Å². The third kappa shape index (κ3) is 3.91. The zero-order valence-corrected chi connectivity index (χ0v) is 13.9. The van der Waals surface area contributed by atoms with Gasteiger partial charge in [-0.1, -0.05) is 5.16 Å². The lowest BCUT2D eigenvalue weighted by molar-refractivity contribution is -0.121. The fourth-order valence-electron chi connectivity index (χ4n) is 2.48. The molecular formula is C17H21N3O4. The molecule has 1 saturated carbocycles. The van der Waals surface area contributed by atoms with Crippen molar-refractivity contribution in [1.82, 2.24) is 10.1 Å². The minimum atomic E-state index is -0.248. The van der Waals surface area contributed by atoms with E-state index in [1.54, 1.807) is 26.2 Å². The van der Waals surface area contributed by atoms with E-state index in [1.807, 2.05) is 12.1 Å². The van der Waals surface area contributed by atoms with Gasteiger partial charge in [-0.15, -0.1) is 0 Å². The maximum absolute atomic E-state index is 12.4. The Balaban J connectivity index is 1.52. The summed E-state index contributed by atoms with van der Waals surface area (Å²) < 4.78 is 15.6. The summed E-state index contributed by atoms with van der Waals surface area (Å²) in [6.45, 7) is 2.58. The van der Waals surface area contributed by atoms with Crippen LogP contribution in [0.5, 0.6) is 5.75 Å². The van der Waals surface area contributed by atoms with Gasteiger partial charge < -0.3 is 19.3 Å². The number of nitrogens with one attached hydrogen (secondary N) is 1. The molecule has 1 heterocycles. The molecule has 1 aromatic carbocycles. The molecule has 1 fully saturated rings. The second kappa shape index (κ2) is 7.00. The monoisotopic (exact) mass is 331 g/mol. The van der Waals surface area contributed by atoms with Gasteiger partial charge in [0.25, 0.3) is 0 Å². The first kappa shape index (κ1) is 16.4. The van der Waals surface area contributed by atoms with E-state index < -0.39 is 0 Å². The molecule has 0 bridgehead atoms. The van der Waals surface area contributed by atoms with Gasteiger partial charge in [-0.25, -0.2) is 0 Å². The van der Waals surface area contributed by atoms with E-state index >= 15 is 0 Å². The molecule has 0 spiro atoms. The summed E-state index contributed by atoms with van der Waals surface area (Å²) in [5.74, 6) is 1.75. The van der Waals surface area contributed by atoms with Crippen molar-refractivity contribution in [2.75, 3.05) is 19.0 Å². The van der Waals surface area contributed by atoms with Crippen LogP contribution in [0.15, 0.2) is 28.8 Å². The molecule has 1 aromatic heterocycles. The maximum atomic E-state index is 12.4. The van der Waals surface area contributed by atoms with Crippen molar-refractivity contribution in [2.45, 2.75) is 32.8 Å². The fourth-order valence-corrected chi connectivity index (χ4v) is 2.48. The van der Waals surface area contributed by atoms with Gasteiger partial charge in [0.2, 0.25) is 17.6 Å². The Morgan fingerprint density at radius 2 is 2.08 bits per heavy atom. The normalized spacial score (nSPS) is 15.1. The van der Waals surface area contributed by atoms with Crippen LogP contribution in [-0.2, 0) is 16.1 Å². The number of amides is 1. The topological polar surface area (TPSA) is 86.5 Å². The lowest BCUT2D eigenvalue weighted by Gasteiger charge is -2.15. The highest BCUT2D eigenvalue weighted by molar-refractivity contribution is 5.97. The molecule has 0 aliphatic heterocycles. The summed E-state index contributed by atoms with van der Waals surface area (Å²) in [6.07, 6.45) is 2.61. The number of hydrogen-bond donors (Lipinski definition) is 1. The van der Waals surface area contributed by atoms with Crippen LogP contribution in [0.2, 0.25) is 0 Å². The molecule has 0 atom stereocenters. The highest BCUT2D eigenvalue weighted by Crippen LogP contribution is 2.49. The first-order valence-electron chi connectivity index (χ1n) is 7.94. The summed E-state index contributed by atoms with van der Waals surface area (Å²) in [5.41, 5.74) is 0.508. The summed E-state index contributed by atoms with van der Waals surface area (Å²) >= 11 is 0. The second-order valence-corrected chi connectivity index (χ2v) is 6.02. The zero-order valence-electron chi connectivity index (χ0n) is 13.9. The Labute approximate surface area is 140 Å². The van der Waals surface area contributed by atoms with Crippen molar-refractivity contribution in [1.29, 1.82) is 0 Å². The van der Waals surface area contributed by atoms with Crippen LogP contribution in [0.3, 0.4) is 0 Å². The average molecular weight is 331 g/mol. The molecule has 0 unspecified atom stereocenters. The van der Waals surface area contributed by atoms with Crippen LogP contribution in [0.4, 0.5) is 5.69 Å². The van der Waals surface area contributed by atoms with Crippen LogP contribution in [-0.4, -0.2) is 29.8 Å². The molecule has 3 rings (SSSR count).